The number of furan rings is 1. The average Bonchev–Trinajstić information content (AvgIpc) is 3.32. The number of amides is 2. The molecule has 0 bridgehead atoms. The predicted molar refractivity (Wildman–Crippen MR) is 79.3 cm³/mol. The molecule has 0 N–H and O–H groups in total. The van der Waals surface area contributed by atoms with Gasteiger partial charge in [-0.05, 0) is 18.2 Å². The van der Waals surface area contributed by atoms with Crippen LogP contribution >= 0.6 is 0 Å². The summed E-state index contributed by atoms with van der Waals surface area (Å²) in [7, 11) is 0. The molecule has 2 aromatic heterocycles. The highest BCUT2D eigenvalue weighted by Crippen LogP contribution is 2.28. The first-order chi connectivity index (χ1) is 12.0. The van der Waals surface area contributed by atoms with Gasteiger partial charge in [0.15, 0.2) is 5.76 Å². The minimum atomic E-state index is -0.651. The standard InChI is InChI=1S/C15H8N4O6/c20-14-9-4-3-8(19(22)23)6-10(9)15(21)18(14)7-12-16-13(17-25-12)11-2-1-5-24-11/h1-6H,7H2. The number of non-ortho nitro benzene ring substituents is 1. The number of hydrogen-bond donors (Lipinski definition) is 0. The summed E-state index contributed by atoms with van der Waals surface area (Å²) in [5.41, 5.74) is -0.189. The van der Waals surface area contributed by atoms with Crippen LogP contribution in [0.4, 0.5) is 5.69 Å². The molecule has 3 aromatic rings. The Morgan fingerprint density at radius 2 is 1.96 bits per heavy atom. The lowest BCUT2D eigenvalue weighted by Crippen LogP contribution is -2.29. The quantitative estimate of drug-likeness (QED) is 0.400. The fraction of sp³-hybridized carbons (Fsp3) is 0.0667. The smallest absolute Gasteiger partial charge is 0.270 e. The van der Waals surface area contributed by atoms with E-state index in [1.807, 2.05) is 0 Å². The first-order valence-corrected chi connectivity index (χ1v) is 7.05. The Bertz CT molecular complexity index is 1010. The van der Waals surface area contributed by atoms with E-state index in [-0.39, 0.29) is 35.1 Å². The van der Waals surface area contributed by atoms with E-state index in [0.717, 1.165) is 11.0 Å². The molecule has 25 heavy (non-hydrogen) atoms. The van der Waals surface area contributed by atoms with Crippen molar-refractivity contribution in [2.75, 3.05) is 0 Å². The molecule has 1 aliphatic heterocycles. The largest absolute Gasteiger partial charge is 0.461 e. The van der Waals surface area contributed by atoms with Crippen LogP contribution in [-0.4, -0.2) is 31.8 Å². The molecule has 10 nitrogen and oxygen atoms in total. The third kappa shape index (κ3) is 2.36. The third-order valence-corrected chi connectivity index (χ3v) is 3.67. The molecular formula is C15H8N4O6. The minimum absolute atomic E-state index is 0.0232. The number of fused-ring (bicyclic) bond motifs is 1. The van der Waals surface area contributed by atoms with E-state index >= 15 is 0 Å². The second-order valence-corrected chi connectivity index (χ2v) is 5.17. The maximum atomic E-state index is 12.4. The zero-order valence-electron chi connectivity index (χ0n) is 12.4. The Labute approximate surface area is 138 Å². The highest BCUT2D eigenvalue weighted by atomic mass is 16.6. The van der Waals surface area contributed by atoms with Gasteiger partial charge >= 0.3 is 0 Å². The summed E-state index contributed by atoms with van der Waals surface area (Å²) in [5.74, 6) is -0.621. The van der Waals surface area contributed by atoms with Crippen LogP contribution in [0.25, 0.3) is 11.6 Å². The van der Waals surface area contributed by atoms with Crippen LogP contribution in [0.1, 0.15) is 26.6 Å². The van der Waals surface area contributed by atoms with Gasteiger partial charge in [-0.3, -0.25) is 24.6 Å². The summed E-state index contributed by atoms with van der Waals surface area (Å²) < 4.78 is 10.2. The highest BCUT2D eigenvalue weighted by Gasteiger charge is 2.37. The monoisotopic (exact) mass is 340 g/mol. The molecule has 0 aliphatic carbocycles. The third-order valence-electron chi connectivity index (χ3n) is 3.67. The van der Waals surface area contributed by atoms with E-state index in [0.29, 0.717) is 5.76 Å². The summed E-state index contributed by atoms with van der Waals surface area (Å²) in [6.45, 7) is -0.242. The molecule has 1 aromatic carbocycles. The molecule has 124 valence electrons. The van der Waals surface area contributed by atoms with Gasteiger partial charge in [-0.25, -0.2) is 0 Å². The normalized spacial score (nSPS) is 13.4. The second-order valence-electron chi connectivity index (χ2n) is 5.17. The second kappa shape index (κ2) is 5.37. The van der Waals surface area contributed by atoms with Gasteiger partial charge in [0, 0.05) is 12.1 Å². The number of benzene rings is 1. The fourth-order valence-corrected chi connectivity index (χ4v) is 2.50. The van der Waals surface area contributed by atoms with Crippen molar-refractivity contribution in [2.24, 2.45) is 0 Å². The zero-order valence-corrected chi connectivity index (χ0v) is 12.4. The van der Waals surface area contributed by atoms with E-state index in [1.54, 1.807) is 12.1 Å². The van der Waals surface area contributed by atoms with Crippen LogP contribution < -0.4 is 0 Å². The Hall–Kier alpha value is -3.82. The Kier molecular flexibility index (Phi) is 3.17. The van der Waals surface area contributed by atoms with Gasteiger partial charge in [0.05, 0.1) is 22.3 Å². The Balaban J connectivity index is 1.61. The molecule has 0 saturated heterocycles. The predicted octanol–water partition coefficient (Wildman–Crippen LogP) is 2.03. The van der Waals surface area contributed by atoms with E-state index in [1.165, 1.54) is 18.4 Å². The lowest BCUT2D eigenvalue weighted by molar-refractivity contribution is -0.384. The van der Waals surface area contributed by atoms with Crippen LogP contribution in [0.2, 0.25) is 0 Å². The molecule has 0 saturated carbocycles. The topological polar surface area (TPSA) is 133 Å². The van der Waals surface area contributed by atoms with Crippen molar-refractivity contribution in [1.82, 2.24) is 15.0 Å². The highest BCUT2D eigenvalue weighted by molar-refractivity contribution is 6.21. The van der Waals surface area contributed by atoms with Crippen LogP contribution in [-0.2, 0) is 6.54 Å². The summed E-state index contributed by atoms with van der Waals surface area (Å²) in [5, 5.41) is 14.5. The van der Waals surface area contributed by atoms with Crippen LogP contribution in [0.5, 0.6) is 0 Å². The van der Waals surface area contributed by atoms with E-state index < -0.39 is 16.7 Å². The molecule has 4 rings (SSSR count). The number of imide groups is 1. The van der Waals surface area contributed by atoms with E-state index in [4.69, 9.17) is 8.94 Å². The van der Waals surface area contributed by atoms with Crippen molar-refractivity contribution in [3.63, 3.8) is 0 Å². The Morgan fingerprint density at radius 1 is 1.16 bits per heavy atom. The van der Waals surface area contributed by atoms with Gasteiger partial charge in [0.25, 0.3) is 17.5 Å². The number of carbonyl (C=O) groups excluding carboxylic acids is 2. The molecule has 1 aliphatic rings. The summed E-state index contributed by atoms with van der Waals surface area (Å²) in [6, 6.07) is 6.81. The minimum Gasteiger partial charge on any atom is -0.461 e. The van der Waals surface area contributed by atoms with Gasteiger partial charge in [-0.2, -0.15) is 4.98 Å². The molecule has 0 fully saturated rings. The average molecular weight is 340 g/mol. The van der Waals surface area contributed by atoms with Crippen molar-refractivity contribution in [1.29, 1.82) is 0 Å². The van der Waals surface area contributed by atoms with Crippen molar-refractivity contribution in [2.45, 2.75) is 6.54 Å². The van der Waals surface area contributed by atoms with Gasteiger partial charge in [-0.15, -0.1) is 0 Å². The van der Waals surface area contributed by atoms with Gasteiger partial charge < -0.3 is 8.94 Å². The van der Waals surface area contributed by atoms with E-state index in [9.17, 15) is 19.7 Å². The summed E-state index contributed by atoms with van der Waals surface area (Å²) in [6.07, 6.45) is 1.45. The fourth-order valence-electron chi connectivity index (χ4n) is 2.50. The van der Waals surface area contributed by atoms with Gasteiger partial charge in [-0.1, -0.05) is 5.16 Å². The summed E-state index contributed by atoms with van der Waals surface area (Å²) in [4.78, 5) is 39.9. The number of nitro benzene ring substituents is 1. The maximum Gasteiger partial charge on any atom is 0.270 e. The van der Waals surface area contributed by atoms with Gasteiger partial charge in [0.1, 0.15) is 6.54 Å². The number of nitro groups is 1. The van der Waals surface area contributed by atoms with Crippen LogP contribution in [0.15, 0.2) is 45.5 Å². The molecule has 3 heterocycles. The van der Waals surface area contributed by atoms with E-state index in [2.05, 4.69) is 10.1 Å². The lowest BCUT2D eigenvalue weighted by atomic mass is 10.1. The van der Waals surface area contributed by atoms with Crippen LogP contribution in [0.3, 0.4) is 0 Å². The van der Waals surface area contributed by atoms with Crippen molar-refractivity contribution in [3.05, 3.63) is 63.7 Å². The van der Waals surface area contributed by atoms with Crippen molar-refractivity contribution < 1.29 is 23.5 Å². The number of aromatic nitrogens is 2. The first-order valence-electron chi connectivity index (χ1n) is 7.05. The number of hydrogen-bond acceptors (Lipinski definition) is 8. The van der Waals surface area contributed by atoms with Crippen LogP contribution in [0, 0.1) is 10.1 Å². The maximum absolute atomic E-state index is 12.4. The number of rotatable bonds is 4. The van der Waals surface area contributed by atoms with Crippen molar-refractivity contribution in [3.8, 4) is 11.6 Å². The SMILES string of the molecule is O=C1c2ccc([N+](=O)[O-])cc2C(=O)N1Cc1nc(-c2ccco2)no1. The number of carbonyl (C=O) groups is 2. The number of nitrogens with zero attached hydrogens (tertiary/aromatic N) is 4. The molecule has 0 spiro atoms. The molecule has 0 atom stereocenters. The molecule has 0 unspecified atom stereocenters. The van der Waals surface area contributed by atoms with Crippen molar-refractivity contribution >= 4 is 17.5 Å². The Morgan fingerprint density at radius 3 is 2.68 bits per heavy atom. The van der Waals surface area contributed by atoms with Gasteiger partial charge in [0.2, 0.25) is 11.7 Å². The summed E-state index contributed by atoms with van der Waals surface area (Å²) >= 11 is 0. The first kappa shape index (κ1) is 14.8. The molecule has 0 radical (unpaired) electrons. The lowest BCUT2D eigenvalue weighted by Gasteiger charge is -2.09. The molecule has 10 heteroatoms. The molecular weight excluding hydrogens is 332 g/mol. The zero-order chi connectivity index (χ0) is 17.6. The molecule has 2 amide bonds.